The molecule has 1 aliphatic heterocycles. The second kappa shape index (κ2) is 9.49. The lowest BCUT2D eigenvalue weighted by molar-refractivity contribution is 0.0931. The lowest BCUT2D eigenvalue weighted by Gasteiger charge is -2.24. The highest BCUT2D eigenvalue weighted by Crippen LogP contribution is 2.28. The van der Waals surface area contributed by atoms with E-state index in [4.69, 9.17) is 4.74 Å². The van der Waals surface area contributed by atoms with Crippen molar-refractivity contribution in [1.82, 2.24) is 21.2 Å². The van der Waals surface area contributed by atoms with Crippen LogP contribution in [0.3, 0.4) is 0 Å². The number of aromatic nitrogens is 1. The van der Waals surface area contributed by atoms with Crippen molar-refractivity contribution in [2.45, 2.75) is 63.8 Å². The SMILES string of the molecule is O=C(NC1CC(CC2CCCCC2)NN1)c1cccc(OCc2cscn2)c1. The second-order valence-corrected chi connectivity index (χ2v) is 8.50. The van der Waals surface area contributed by atoms with Crippen LogP contribution in [0.4, 0.5) is 0 Å². The molecule has 3 N–H and O–H groups in total. The van der Waals surface area contributed by atoms with Crippen LogP contribution in [0.1, 0.15) is 61.0 Å². The quantitative estimate of drug-likeness (QED) is 0.662. The highest BCUT2D eigenvalue weighted by molar-refractivity contribution is 7.07. The minimum Gasteiger partial charge on any atom is -0.487 e. The summed E-state index contributed by atoms with van der Waals surface area (Å²) in [6.07, 6.45) is 8.89. The average Bonchev–Trinajstić information content (AvgIpc) is 3.40. The number of amides is 1. The molecule has 4 rings (SSSR count). The number of hydrogen-bond acceptors (Lipinski definition) is 6. The van der Waals surface area contributed by atoms with E-state index in [1.807, 2.05) is 23.6 Å². The van der Waals surface area contributed by atoms with Crippen LogP contribution < -0.4 is 20.9 Å². The summed E-state index contributed by atoms with van der Waals surface area (Å²) >= 11 is 1.54. The van der Waals surface area contributed by atoms with Gasteiger partial charge in [-0.3, -0.25) is 10.2 Å². The first kappa shape index (κ1) is 19.4. The van der Waals surface area contributed by atoms with Crippen molar-refractivity contribution in [3.05, 3.63) is 46.4 Å². The number of benzene rings is 1. The van der Waals surface area contributed by atoms with Crippen LogP contribution in [-0.4, -0.2) is 23.1 Å². The summed E-state index contributed by atoms with van der Waals surface area (Å²) in [4.78, 5) is 16.8. The van der Waals surface area contributed by atoms with Gasteiger partial charge in [-0.25, -0.2) is 10.4 Å². The van der Waals surface area contributed by atoms with Gasteiger partial charge in [0.05, 0.1) is 17.4 Å². The first-order chi connectivity index (χ1) is 13.8. The zero-order chi connectivity index (χ0) is 19.2. The largest absolute Gasteiger partial charge is 0.487 e. The number of hydrogen-bond donors (Lipinski definition) is 3. The van der Waals surface area contributed by atoms with Gasteiger partial charge in [-0.2, -0.15) is 0 Å². The van der Waals surface area contributed by atoms with Crippen molar-refractivity contribution in [3.63, 3.8) is 0 Å². The monoisotopic (exact) mass is 400 g/mol. The van der Waals surface area contributed by atoms with Crippen LogP contribution in [0.5, 0.6) is 5.75 Å². The first-order valence-corrected chi connectivity index (χ1v) is 11.1. The van der Waals surface area contributed by atoms with E-state index in [1.54, 1.807) is 22.9 Å². The molecule has 1 saturated carbocycles. The molecule has 28 heavy (non-hydrogen) atoms. The van der Waals surface area contributed by atoms with E-state index >= 15 is 0 Å². The predicted molar refractivity (Wildman–Crippen MR) is 110 cm³/mol. The highest BCUT2D eigenvalue weighted by atomic mass is 32.1. The fourth-order valence-electron chi connectivity index (χ4n) is 4.13. The third kappa shape index (κ3) is 5.31. The first-order valence-electron chi connectivity index (χ1n) is 10.2. The number of hydrazine groups is 1. The summed E-state index contributed by atoms with van der Waals surface area (Å²) in [6.45, 7) is 0.408. The molecule has 1 aliphatic carbocycles. The van der Waals surface area contributed by atoms with Crippen molar-refractivity contribution in [3.8, 4) is 5.75 Å². The van der Waals surface area contributed by atoms with Crippen LogP contribution in [0.15, 0.2) is 35.2 Å². The summed E-state index contributed by atoms with van der Waals surface area (Å²) < 4.78 is 5.75. The molecule has 2 fully saturated rings. The Balaban J connectivity index is 1.26. The maximum atomic E-state index is 12.6. The van der Waals surface area contributed by atoms with Gasteiger partial charge < -0.3 is 10.1 Å². The lowest BCUT2D eigenvalue weighted by Crippen LogP contribution is -2.44. The fourth-order valence-corrected chi connectivity index (χ4v) is 4.67. The zero-order valence-corrected chi connectivity index (χ0v) is 16.8. The van der Waals surface area contributed by atoms with Gasteiger partial charge >= 0.3 is 0 Å². The van der Waals surface area contributed by atoms with Crippen LogP contribution in [0.2, 0.25) is 0 Å². The molecule has 150 valence electrons. The molecule has 1 aromatic carbocycles. The van der Waals surface area contributed by atoms with E-state index in [1.165, 1.54) is 38.5 Å². The second-order valence-electron chi connectivity index (χ2n) is 7.78. The number of ether oxygens (including phenoxy) is 1. The molecule has 2 aliphatic rings. The van der Waals surface area contributed by atoms with Gasteiger partial charge in [0.1, 0.15) is 12.4 Å². The number of carbonyl (C=O) groups excluding carboxylic acids is 1. The van der Waals surface area contributed by atoms with Gasteiger partial charge in [0.15, 0.2) is 0 Å². The smallest absolute Gasteiger partial charge is 0.252 e. The van der Waals surface area contributed by atoms with Crippen molar-refractivity contribution >= 4 is 17.2 Å². The third-order valence-corrected chi connectivity index (χ3v) is 6.23. The Kier molecular flexibility index (Phi) is 6.57. The molecule has 0 bridgehead atoms. The Hall–Kier alpha value is -1.96. The Morgan fingerprint density at radius 3 is 2.96 bits per heavy atom. The fraction of sp³-hybridized carbons (Fsp3) is 0.524. The summed E-state index contributed by atoms with van der Waals surface area (Å²) in [5.74, 6) is 1.42. The molecule has 2 unspecified atom stereocenters. The van der Waals surface area contributed by atoms with Crippen LogP contribution in [0, 0.1) is 5.92 Å². The molecule has 2 heterocycles. The maximum absolute atomic E-state index is 12.6. The number of rotatable bonds is 7. The predicted octanol–water partition coefficient (Wildman–Crippen LogP) is 3.61. The molecule has 1 saturated heterocycles. The number of carbonyl (C=O) groups is 1. The molecule has 2 aromatic rings. The van der Waals surface area contributed by atoms with E-state index in [2.05, 4.69) is 21.2 Å². The third-order valence-electron chi connectivity index (χ3n) is 5.60. The maximum Gasteiger partial charge on any atom is 0.252 e. The number of nitrogens with zero attached hydrogens (tertiary/aromatic N) is 1. The van der Waals surface area contributed by atoms with Crippen molar-refractivity contribution < 1.29 is 9.53 Å². The Bertz CT molecular complexity index is 762. The van der Waals surface area contributed by atoms with Crippen molar-refractivity contribution in [2.75, 3.05) is 0 Å². The van der Waals surface area contributed by atoms with Gasteiger partial charge in [-0.1, -0.05) is 38.2 Å². The molecule has 6 nitrogen and oxygen atoms in total. The Labute approximate surface area is 170 Å². The Morgan fingerprint density at radius 2 is 2.14 bits per heavy atom. The molecule has 0 radical (unpaired) electrons. The van der Waals surface area contributed by atoms with Gasteiger partial charge in [-0.05, 0) is 37.0 Å². The molecular formula is C21H28N4O2S. The summed E-state index contributed by atoms with van der Waals surface area (Å²) in [5, 5.41) is 5.04. The summed E-state index contributed by atoms with van der Waals surface area (Å²) in [7, 11) is 0. The van der Waals surface area contributed by atoms with Gasteiger partial charge in [0, 0.05) is 17.0 Å². The molecule has 2 atom stereocenters. The Morgan fingerprint density at radius 1 is 1.25 bits per heavy atom. The van der Waals surface area contributed by atoms with E-state index < -0.39 is 0 Å². The molecule has 7 heteroatoms. The average molecular weight is 401 g/mol. The van der Waals surface area contributed by atoms with E-state index in [0.717, 1.165) is 18.0 Å². The van der Waals surface area contributed by atoms with Crippen LogP contribution in [0.25, 0.3) is 0 Å². The van der Waals surface area contributed by atoms with Crippen molar-refractivity contribution in [2.24, 2.45) is 5.92 Å². The van der Waals surface area contributed by atoms with Gasteiger partial charge in [-0.15, -0.1) is 11.3 Å². The summed E-state index contributed by atoms with van der Waals surface area (Å²) in [6, 6.07) is 7.73. The molecular weight excluding hydrogens is 372 g/mol. The van der Waals surface area contributed by atoms with E-state index in [9.17, 15) is 4.79 Å². The van der Waals surface area contributed by atoms with Gasteiger partial charge in [0.25, 0.3) is 5.91 Å². The normalized spacial score (nSPS) is 22.9. The molecule has 0 spiro atoms. The zero-order valence-electron chi connectivity index (χ0n) is 16.0. The number of nitrogens with one attached hydrogen (secondary N) is 3. The van der Waals surface area contributed by atoms with E-state index in [-0.39, 0.29) is 12.1 Å². The lowest BCUT2D eigenvalue weighted by atomic mass is 9.84. The number of thiazole rings is 1. The molecule has 1 amide bonds. The topological polar surface area (TPSA) is 75.3 Å². The van der Waals surface area contributed by atoms with Crippen LogP contribution >= 0.6 is 11.3 Å². The highest BCUT2D eigenvalue weighted by Gasteiger charge is 2.28. The minimum absolute atomic E-state index is 0.0410. The van der Waals surface area contributed by atoms with Gasteiger partial charge in [0.2, 0.25) is 0 Å². The summed E-state index contributed by atoms with van der Waals surface area (Å²) in [5.41, 5.74) is 9.88. The minimum atomic E-state index is -0.0864. The van der Waals surface area contributed by atoms with Crippen LogP contribution in [-0.2, 0) is 6.61 Å². The standard InChI is InChI=1S/C21H28N4O2S/c26-21(16-7-4-8-19(10-16)27-12-18-13-28-14-22-18)23-20-11-17(24-25-20)9-15-5-2-1-3-6-15/h4,7-8,10,13-15,17,20,24-25H,1-3,5-6,9,11-12H2,(H,23,26). The molecule has 1 aromatic heterocycles. The van der Waals surface area contributed by atoms with Crippen molar-refractivity contribution in [1.29, 1.82) is 0 Å². The van der Waals surface area contributed by atoms with E-state index in [0.29, 0.717) is 24.0 Å².